The molecule has 1 amide bonds. The van der Waals surface area contributed by atoms with Crippen molar-refractivity contribution in [1.82, 2.24) is 10.2 Å². The second-order valence-electron chi connectivity index (χ2n) is 6.49. The van der Waals surface area contributed by atoms with Crippen LogP contribution in [-0.2, 0) is 16.1 Å². The molecule has 1 N–H and O–H groups in total. The van der Waals surface area contributed by atoms with Gasteiger partial charge < -0.3 is 19.2 Å². The second kappa shape index (κ2) is 8.98. The lowest BCUT2D eigenvalue weighted by Crippen LogP contribution is -2.43. The summed E-state index contributed by atoms with van der Waals surface area (Å²) in [4.78, 5) is 14.8. The minimum absolute atomic E-state index is 0.108. The number of ether oxygens (including phenoxy) is 2. The van der Waals surface area contributed by atoms with Gasteiger partial charge in [-0.3, -0.25) is 9.69 Å². The summed E-state index contributed by atoms with van der Waals surface area (Å²) in [6, 6.07) is 12.0. The molecular formula is C20H26N2O4. The minimum Gasteiger partial charge on any atom is -0.453 e. The van der Waals surface area contributed by atoms with Crippen LogP contribution in [0, 0.1) is 6.92 Å². The summed E-state index contributed by atoms with van der Waals surface area (Å²) in [6.07, 6.45) is 0. The van der Waals surface area contributed by atoms with Crippen molar-refractivity contribution >= 4 is 5.91 Å². The maximum atomic E-state index is 12.5. The first-order chi connectivity index (χ1) is 12.7. The maximum absolute atomic E-state index is 12.5. The fourth-order valence-corrected chi connectivity index (χ4v) is 3.22. The summed E-state index contributed by atoms with van der Waals surface area (Å²) < 4.78 is 16.0. The average Bonchev–Trinajstić information content (AvgIpc) is 3.12. The third kappa shape index (κ3) is 4.72. The number of rotatable bonds is 7. The molecule has 1 fully saturated rings. The van der Waals surface area contributed by atoms with E-state index in [0.29, 0.717) is 24.7 Å². The Labute approximate surface area is 154 Å². The standard InChI is InChI=1S/C20H26N2O4/c1-15-4-3-5-16(12-15)18(22-8-10-25-11-9-22)13-21-20(23)19-7-6-17(26-19)14-24-2/h3-7,12,18H,8-11,13-14H2,1-2H3,(H,21,23). The van der Waals surface area contributed by atoms with Gasteiger partial charge in [-0.2, -0.15) is 0 Å². The molecule has 0 spiro atoms. The normalized spacial score (nSPS) is 16.4. The van der Waals surface area contributed by atoms with Crippen molar-refractivity contribution in [3.05, 3.63) is 59.0 Å². The van der Waals surface area contributed by atoms with Gasteiger partial charge in [0.25, 0.3) is 5.91 Å². The van der Waals surface area contributed by atoms with Crippen LogP contribution in [0.5, 0.6) is 0 Å². The summed E-state index contributed by atoms with van der Waals surface area (Å²) in [6.45, 7) is 6.10. The topological polar surface area (TPSA) is 63.9 Å². The third-order valence-corrected chi connectivity index (χ3v) is 4.54. The van der Waals surface area contributed by atoms with Gasteiger partial charge in [-0.15, -0.1) is 0 Å². The smallest absolute Gasteiger partial charge is 0.287 e. The molecule has 3 rings (SSSR count). The van der Waals surface area contributed by atoms with Gasteiger partial charge in [0.15, 0.2) is 5.76 Å². The number of hydrogen-bond acceptors (Lipinski definition) is 5. The molecule has 1 saturated heterocycles. The van der Waals surface area contributed by atoms with Crippen LogP contribution >= 0.6 is 0 Å². The zero-order valence-electron chi connectivity index (χ0n) is 15.4. The first-order valence-electron chi connectivity index (χ1n) is 8.91. The summed E-state index contributed by atoms with van der Waals surface area (Å²) in [7, 11) is 1.59. The highest BCUT2D eigenvalue weighted by Gasteiger charge is 2.24. The van der Waals surface area contributed by atoms with Crippen LogP contribution in [0.3, 0.4) is 0 Å². The number of methoxy groups -OCH3 is 1. The molecule has 1 unspecified atom stereocenters. The van der Waals surface area contributed by atoms with E-state index in [9.17, 15) is 4.79 Å². The van der Waals surface area contributed by atoms with Crippen molar-refractivity contribution in [1.29, 1.82) is 0 Å². The predicted molar refractivity (Wildman–Crippen MR) is 98.1 cm³/mol. The Bertz CT molecular complexity index is 722. The van der Waals surface area contributed by atoms with Crippen LogP contribution in [0.15, 0.2) is 40.8 Å². The van der Waals surface area contributed by atoms with Gasteiger partial charge in [0.05, 0.1) is 19.3 Å². The van der Waals surface area contributed by atoms with E-state index in [-0.39, 0.29) is 11.9 Å². The van der Waals surface area contributed by atoms with Crippen LogP contribution in [0.25, 0.3) is 0 Å². The fraction of sp³-hybridized carbons (Fsp3) is 0.450. The first-order valence-corrected chi connectivity index (χ1v) is 8.91. The van der Waals surface area contributed by atoms with Crippen LogP contribution < -0.4 is 5.32 Å². The summed E-state index contributed by atoms with van der Waals surface area (Å²) in [5, 5.41) is 3.01. The summed E-state index contributed by atoms with van der Waals surface area (Å²) in [5.74, 6) is 0.737. The highest BCUT2D eigenvalue weighted by Crippen LogP contribution is 2.22. The quantitative estimate of drug-likeness (QED) is 0.824. The highest BCUT2D eigenvalue weighted by molar-refractivity contribution is 5.91. The first kappa shape index (κ1) is 18.6. The highest BCUT2D eigenvalue weighted by atomic mass is 16.5. The van der Waals surface area contributed by atoms with Gasteiger partial charge in [-0.05, 0) is 24.6 Å². The maximum Gasteiger partial charge on any atom is 0.287 e. The van der Waals surface area contributed by atoms with E-state index in [4.69, 9.17) is 13.9 Å². The zero-order valence-corrected chi connectivity index (χ0v) is 15.4. The van der Waals surface area contributed by atoms with Gasteiger partial charge in [0.2, 0.25) is 0 Å². The number of benzene rings is 1. The third-order valence-electron chi connectivity index (χ3n) is 4.54. The number of hydrogen-bond donors (Lipinski definition) is 1. The van der Waals surface area contributed by atoms with Crippen molar-refractivity contribution in [2.75, 3.05) is 40.0 Å². The molecule has 2 heterocycles. The molecule has 6 nitrogen and oxygen atoms in total. The largest absolute Gasteiger partial charge is 0.453 e. The van der Waals surface area contributed by atoms with Crippen molar-refractivity contribution in [2.24, 2.45) is 0 Å². The molecule has 0 saturated carbocycles. The lowest BCUT2D eigenvalue weighted by atomic mass is 10.0. The summed E-state index contributed by atoms with van der Waals surface area (Å²) >= 11 is 0. The van der Waals surface area contributed by atoms with Crippen LogP contribution in [0.4, 0.5) is 0 Å². The number of amides is 1. The Hall–Kier alpha value is -2.15. The number of furan rings is 1. The number of carbonyl (C=O) groups is 1. The SMILES string of the molecule is COCc1ccc(C(=O)NCC(c2cccc(C)c2)N2CCOCC2)o1. The molecule has 1 aromatic heterocycles. The molecule has 1 aliphatic heterocycles. The van der Waals surface area contributed by atoms with E-state index >= 15 is 0 Å². The Morgan fingerprint density at radius 1 is 1.27 bits per heavy atom. The lowest BCUT2D eigenvalue weighted by Gasteiger charge is -2.35. The van der Waals surface area contributed by atoms with E-state index < -0.39 is 0 Å². The molecular weight excluding hydrogens is 332 g/mol. The number of nitrogens with one attached hydrogen (secondary N) is 1. The fourth-order valence-electron chi connectivity index (χ4n) is 3.22. The zero-order chi connectivity index (χ0) is 18.4. The molecule has 1 atom stereocenters. The second-order valence-corrected chi connectivity index (χ2v) is 6.49. The molecule has 1 aliphatic rings. The summed E-state index contributed by atoms with van der Waals surface area (Å²) in [5.41, 5.74) is 2.41. The molecule has 0 radical (unpaired) electrons. The molecule has 6 heteroatoms. The molecule has 140 valence electrons. The Morgan fingerprint density at radius 3 is 2.81 bits per heavy atom. The van der Waals surface area contributed by atoms with Crippen molar-refractivity contribution in [3.63, 3.8) is 0 Å². The Balaban J connectivity index is 1.69. The van der Waals surface area contributed by atoms with E-state index in [1.54, 1.807) is 19.2 Å². The van der Waals surface area contributed by atoms with Crippen molar-refractivity contribution in [3.8, 4) is 0 Å². The van der Waals surface area contributed by atoms with Gasteiger partial charge in [0, 0.05) is 26.7 Å². The van der Waals surface area contributed by atoms with Gasteiger partial charge in [-0.1, -0.05) is 29.8 Å². The van der Waals surface area contributed by atoms with Crippen molar-refractivity contribution < 1.29 is 18.7 Å². The van der Waals surface area contributed by atoms with Crippen LogP contribution in [0.2, 0.25) is 0 Å². The average molecular weight is 358 g/mol. The number of aryl methyl sites for hydroxylation is 1. The molecule has 1 aromatic carbocycles. The Kier molecular flexibility index (Phi) is 6.44. The van der Waals surface area contributed by atoms with Crippen LogP contribution in [0.1, 0.15) is 33.5 Å². The number of morpholine rings is 1. The van der Waals surface area contributed by atoms with E-state index in [1.807, 2.05) is 0 Å². The van der Waals surface area contributed by atoms with E-state index in [0.717, 1.165) is 26.3 Å². The number of carbonyl (C=O) groups excluding carboxylic acids is 1. The van der Waals surface area contributed by atoms with Crippen LogP contribution in [-0.4, -0.2) is 50.8 Å². The van der Waals surface area contributed by atoms with Gasteiger partial charge in [0.1, 0.15) is 12.4 Å². The minimum atomic E-state index is -0.210. The van der Waals surface area contributed by atoms with Gasteiger partial charge in [-0.25, -0.2) is 0 Å². The van der Waals surface area contributed by atoms with E-state index in [1.165, 1.54) is 11.1 Å². The monoisotopic (exact) mass is 358 g/mol. The van der Waals surface area contributed by atoms with Gasteiger partial charge >= 0.3 is 0 Å². The Morgan fingerprint density at radius 2 is 2.08 bits per heavy atom. The van der Waals surface area contributed by atoms with Crippen molar-refractivity contribution in [2.45, 2.75) is 19.6 Å². The molecule has 0 aliphatic carbocycles. The lowest BCUT2D eigenvalue weighted by molar-refractivity contribution is 0.0161. The molecule has 0 bridgehead atoms. The predicted octanol–water partition coefficient (Wildman–Crippen LogP) is 2.54. The number of nitrogens with zero attached hydrogens (tertiary/aromatic N) is 1. The molecule has 2 aromatic rings. The molecule has 26 heavy (non-hydrogen) atoms. The van der Waals surface area contributed by atoms with E-state index in [2.05, 4.69) is 41.4 Å².